The quantitative estimate of drug-likeness (QED) is 0.809. The first-order valence-electron chi connectivity index (χ1n) is 7.69. The van der Waals surface area contributed by atoms with Crippen LogP contribution in [0.15, 0.2) is 36.4 Å². The summed E-state index contributed by atoms with van der Waals surface area (Å²) in [5.41, 5.74) is 5.98. The molecule has 0 aromatic heterocycles. The van der Waals surface area contributed by atoms with Crippen LogP contribution < -0.4 is 11.1 Å². The van der Waals surface area contributed by atoms with E-state index in [1.54, 1.807) is 26.8 Å². The summed E-state index contributed by atoms with van der Waals surface area (Å²) in [4.78, 5) is 11.9. The van der Waals surface area contributed by atoms with Gasteiger partial charge in [0.05, 0.1) is 0 Å². The molecular weight excluding hydrogens is 292 g/mol. The van der Waals surface area contributed by atoms with Gasteiger partial charge in [0.1, 0.15) is 11.4 Å². The average Bonchev–Trinajstić information content (AvgIpc) is 2.47. The van der Waals surface area contributed by atoms with E-state index in [2.05, 4.69) is 5.32 Å². The number of amides is 1. The van der Waals surface area contributed by atoms with E-state index in [0.717, 1.165) is 16.3 Å². The molecule has 23 heavy (non-hydrogen) atoms. The van der Waals surface area contributed by atoms with Crippen LogP contribution in [0.1, 0.15) is 26.3 Å². The number of nitrogens with one attached hydrogen (secondary N) is 1. The predicted molar refractivity (Wildman–Crippen MR) is 91.5 cm³/mol. The first-order chi connectivity index (χ1) is 10.8. The fourth-order valence-corrected chi connectivity index (χ4v) is 2.45. The third kappa shape index (κ3) is 4.60. The van der Waals surface area contributed by atoms with Crippen molar-refractivity contribution in [1.29, 1.82) is 0 Å². The van der Waals surface area contributed by atoms with E-state index >= 15 is 0 Å². The van der Waals surface area contributed by atoms with Crippen molar-refractivity contribution in [3.05, 3.63) is 42.0 Å². The van der Waals surface area contributed by atoms with Gasteiger partial charge >= 0.3 is 6.09 Å². The number of fused-ring (bicyclic) bond motifs is 1. The summed E-state index contributed by atoms with van der Waals surface area (Å²) >= 11 is 0. The van der Waals surface area contributed by atoms with Crippen LogP contribution in [-0.4, -0.2) is 29.4 Å². The van der Waals surface area contributed by atoms with E-state index in [1.807, 2.05) is 30.3 Å². The molecule has 1 atom stereocenters. The van der Waals surface area contributed by atoms with Gasteiger partial charge in [-0.25, -0.2) is 4.79 Å². The van der Waals surface area contributed by atoms with Crippen LogP contribution in [-0.2, 0) is 11.2 Å². The molecule has 0 aliphatic carbocycles. The highest BCUT2D eigenvalue weighted by Crippen LogP contribution is 2.28. The lowest BCUT2D eigenvalue weighted by Crippen LogP contribution is -2.44. The Labute approximate surface area is 136 Å². The molecule has 1 amide bonds. The predicted octanol–water partition coefficient (Wildman–Crippen LogP) is 2.94. The van der Waals surface area contributed by atoms with Gasteiger partial charge in [0.25, 0.3) is 0 Å². The fraction of sp³-hybridized carbons (Fsp3) is 0.389. The van der Waals surface area contributed by atoms with Crippen LogP contribution >= 0.6 is 0 Å². The summed E-state index contributed by atoms with van der Waals surface area (Å²) in [6, 6.07) is 11.0. The second-order valence-corrected chi connectivity index (χ2v) is 6.57. The summed E-state index contributed by atoms with van der Waals surface area (Å²) in [5, 5.41) is 14.9. The van der Waals surface area contributed by atoms with E-state index in [-0.39, 0.29) is 18.3 Å². The Hall–Kier alpha value is -2.27. The second-order valence-electron chi connectivity index (χ2n) is 6.57. The molecule has 0 radical (unpaired) electrons. The van der Waals surface area contributed by atoms with Crippen LogP contribution in [0.5, 0.6) is 5.75 Å². The standard InChI is InChI=1S/C18H24N2O3/c1-18(2,3)23-17(22)20-13(11-19)10-15-14-7-5-4-6-12(14)8-9-16(15)21/h4-9,13,21H,10-11,19H2,1-3H3,(H,20,22). The minimum atomic E-state index is -0.565. The maximum absolute atomic E-state index is 11.9. The molecule has 124 valence electrons. The molecule has 0 spiro atoms. The SMILES string of the molecule is CC(C)(C)OC(=O)NC(CN)Cc1c(O)ccc2ccccc12. The zero-order valence-corrected chi connectivity index (χ0v) is 13.8. The maximum atomic E-state index is 11.9. The smallest absolute Gasteiger partial charge is 0.407 e. The first kappa shape index (κ1) is 17.1. The Balaban J connectivity index is 2.19. The van der Waals surface area contributed by atoms with Crippen LogP contribution in [0, 0.1) is 0 Å². The maximum Gasteiger partial charge on any atom is 0.407 e. The molecule has 0 aliphatic rings. The minimum absolute atomic E-state index is 0.202. The molecule has 5 heteroatoms. The number of carbonyl (C=O) groups excluding carboxylic acids is 1. The van der Waals surface area contributed by atoms with Crippen molar-refractivity contribution in [2.45, 2.75) is 38.8 Å². The van der Waals surface area contributed by atoms with Crippen molar-refractivity contribution in [3.63, 3.8) is 0 Å². The number of alkyl carbamates (subject to hydrolysis) is 1. The fourth-order valence-electron chi connectivity index (χ4n) is 2.45. The molecule has 4 N–H and O–H groups in total. The molecule has 0 aliphatic heterocycles. The topological polar surface area (TPSA) is 84.6 Å². The Morgan fingerprint density at radius 1 is 1.26 bits per heavy atom. The zero-order chi connectivity index (χ0) is 17.0. The zero-order valence-electron chi connectivity index (χ0n) is 13.8. The van der Waals surface area contributed by atoms with E-state index in [4.69, 9.17) is 10.5 Å². The molecule has 2 aromatic rings. The van der Waals surface area contributed by atoms with E-state index in [9.17, 15) is 9.90 Å². The van der Waals surface area contributed by atoms with E-state index < -0.39 is 11.7 Å². The van der Waals surface area contributed by atoms with Crippen LogP contribution in [0.3, 0.4) is 0 Å². The van der Waals surface area contributed by atoms with Gasteiger partial charge in [0, 0.05) is 18.2 Å². The monoisotopic (exact) mass is 316 g/mol. The number of phenolic OH excluding ortho intramolecular Hbond substituents is 1. The molecule has 1 unspecified atom stereocenters. The van der Waals surface area contributed by atoms with Crippen molar-refractivity contribution in [3.8, 4) is 5.75 Å². The number of phenols is 1. The molecule has 0 heterocycles. The third-order valence-electron chi connectivity index (χ3n) is 3.47. The van der Waals surface area contributed by atoms with Crippen molar-refractivity contribution < 1.29 is 14.6 Å². The third-order valence-corrected chi connectivity index (χ3v) is 3.47. The normalized spacial score (nSPS) is 12.9. The van der Waals surface area contributed by atoms with Gasteiger partial charge in [0.15, 0.2) is 0 Å². The van der Waals surface area contributed by atoms with Gasteiger partial charge in [-0.1, -0.05) is 30.3 Å². The lowest BCUT2D eigenvalue weighted by atomic mass is 9.97. The van der Waals surface area contributed by atoms with E-state index in [1.165, 1.54) is 0 Å². The highest BCUT2D eigenvalue weighted by molar-refractivity contribution is 5.87. The summed E-state index contributed by atoms with van der Waals surface area (Å²) < 4.78 is 5.26. The van der Waals surface area contributed by atoms with Gasteiger partial charge in [-0.3, -0.25) is 0 Å². The summed E-state index contributed by atoms with van der Waals surface area (Å²) in [6.07, 6.45) is -0.0733. The molecule has 0 bridgehead atoms. The Morgan fingerprint density at radius 2 is 1.96 bits per heavy atom. The minimum Gasteiger partial charge on any atom is -0.508 e. The number of ether oxygens (including phenoxy) is 1. The number of aromatic hydroxyl groups is 1. The number of benzene rings is 2. The largest absolute Gasteiger partial charge is 0.508 e. The number of carbonyl (C=O) groups is 1. The number of hydrogen-bond acceptors (Lipinski definition) is 4. The van der Waals surface area contributed by atoms with Gasteiger partial charge in [-0.05, 0) is 44.0 Å². The summed E-state index contributed by atoms with van der Waals surface area (Å²) in [5.74, 6) is 0.202. The van der Waals surface area contributed by atoms with Crippen molar-refractivity contribution in [2.75, 3.05) is 6.54 Å². The lowest BCUT2D eigenvalue weighted by Gasteiger charge is -2.23. The Bertz CT molecular complexity index is 692. The number of rotatable bonds is 4. The van der Waals surface area contributed by atoms with Crippen LogP contribution in [0.2, 0.25) is 0 Å². The lowest BCUT2D eigenvalue weighted by molar-refractivity contribution is 0.0505. The summed E-state index contributed by atoms with van der Waals surface area (Å²) in [7, 11) is 0. The van der Waals surface area contributed by atoms with Gasteiger partial charge in [-0.2, -0.15) is 0 Å². The summed E-state index contributed by atoms with van der Waals surface area (Å²) in [6.45, 7) is 5.67. The number of nitrogens with two attached hydrogens (primary N) is 1. The number of hydrogen-bond donors (Lipinski definition) is 3. The van der Waals surface area contributed by atoms with Gasteiger partial charge in [0.2, 0.25) is 0 Å². The van der Waals surface area contributed by atoms with Crippen molar-refractivity contribution >= 4 is 16.9 Å². The molecule has 0 saturated carbocycles. The van der Waals surface area contributed by atoms with Gasteiger partial charge < -0.3 is 20.9 Å². The highest BCUT2D eigenvalue weighted by atomic mass is 16.6. The van der Waals surface area contributed by atoms with Gasteiger partial charge in [-0.15, -0.1) is 0 Å². The first-order valence-corrected chi connectivity index (χ1v) is 7.69. The van der Waals surface area contributed by atoms with Crippen LogP contribution in [0.4, 0.5) is 4.79 Å². The van der Waals surface area contributed by atoms with Crippen LogP contribution in [0.25, 0.3) is 10.8 Å². The van der Waals surface area contributed by atoms with Crippen molar-refractivity contribution in [1.82, 2.24) is 5.32 Å². The molecule has 0 saturated heterocycles. The Kier molecular flexibility index (Phi) is 5.11. The molecular formula is C18H24N2O3. The highest BCUT2D eigenvalue weighted by Gasteiger charge is 2.20. The van der Waals surface area contributed by atoms with E-state index in [0.29, 0.717) is 6.42 Å². The van der Waals surface area contributed by atoms with Crippen molar-refractivity contribution in [2.24, 2.45) is 5.73 Å². The average molecular weight is 316 g/mol. The molecule has 2 rings (SSSR count). The Morgan fingerprint density at radius 3 is 2.61 bits per heavy atom. The molecule has 5 nitrogen and oxygen atoms in total. The molecule has 0 fully saturated rings. The molecule has 2 aromatic carbocycles. The second kappa shape index (κ2) is 6.87.